The lowest BCUT2D eigenvalue weighted by atomic mass is 9.39. The molecular weight excluding hydrogens is 363 g/mol. The van der Waals surface area contributed by atoms with Crippen LogP contribution in [-0.2, 0) is 14.9 Å². The maximum atomic E-state index is 12.2. The molecule has 0 spiro atoms. The summed E-state index contributed by atoms with van der Waals surface area (Å²) in [5.74, 6) is 0.894. The topological polar surface area (TPSA) is 76.2 Å². The van der Waals surface area contributed by atoms with Crippen LogP contribution < -0.4 is 5.32 Å². The Morgan fingerprint density at radius 3 is 2.44 bits per heavy atom. The van der Waals surface area contributed by atoms with Gasteiger partial charge in [0.2, 0.25) is 0 Å². The molecule has 4 saturated carbocycles. The monoisotopic (exact) mass is 387 g/mol. The number of H-pyrrole nitrogens is 1. The first-order valence-corrected chi connectivity index (χ1v) is 9.18. The Hall–Kier alpha value is -1.77. The van der Waals surface area contributed by atoms with E-state index in [1.54, 1.807) is 6.20 Å². The van der Waals surface area contributed by atoms with E-state index in [1.165, 1.54) is 0 Å². The number of alkyl halides is 3. The van der Waals surface area contributed by atoms with Gasteiger partial charge in [0.15, 0.2) is 0 Å². The van der Waals surface area contributed by atoms with Crippen molar-refractivity contribution in [1.82, 2.24) is 15.3 Å². The molecule has 4 aliphatic carbocycles. The Morgan fingerprint density at radius 2 is 1.89 bits per heavy atom. The van der Waals surface area contributed by atoms with E-state index in [9.17, 15) is 18.0 Å². The fraction of sp³-hybridized carbons (Fsp3) is 0.778. The molecule has 0 radical (unpaired) electrons. The molecule has 1 aromatic heterocycles. The SMILES string of the molecule is CC(C)(C)OC(=O)NC12CC(c3ncc([C@H]4C[C@@H](OC(F)(F)F)C4)[nH]3)(C1)C2. The van der Waals surface area contributed by atoms with Crippen LogP contribution in [0, 0.1) is 0 Å². The van der Waals surface area contributed by atoms with E-state index < -0.39 is 24.2 Å². The zero-order valence-electron chi connectivity index (χ0n) is 15.6. The van der Waals surface area contributed by atoms with E-state index in [2.05, 4.69) is 20.0 Å². The first kappa shape index (κ1) is 18.6. The number of ether oxygens (including phenoxy) is 2. The minimum atomic E-state index is -4.57. The van der Waals surface area contributed by atoms with Crippen molar-refractivity contribution in [2.75, 3.05) is 0 Å². The average Bonchev–Trinajstić information content (AvgIpc) is 2.81. The molecule has 1 heterocycles. The summed E-state index contributed by atoms with van der Waals surface area (Å²) < 4.78 is 46.0. The van der Waals surface area contributed by atoms with Gasteiger partial charge in [0.05, 0.1) is 6.10 Å². The van der Waals surface area contributed by atoms with Gasteiger partial charge in [-0.2, -0.15) is 0 Å². The number of aromatic amines is 1. The number of halogens is 3. The predicted molar refractivity (Wildman–Crippen MR) is 89.1 cm³/mol. The number of rotatable bonds is 4. The molecule has 5 rings (SSSR count). The van der Waals surface area contributed by atoms with Crippen molar-refractivity contribution >= 4 is 6.09 Å². The summed E-state index contributed by atoms with van der Waals surface area (Å²) in [6.45, 7) is 5.47. The second-order valence-corrected chi connectivity index (χ2v) is 9.26. The van der Waals surface area contributed by atoms with Crippen molar-refractivity contribution in [3.8, 4) is 0 Å². The Morgan fingerprint density at radius 1 is 1.26 bits per heavy atom. The second kappa shape index (κ2) is 5.62. The van der Waals surface area contributed by atoms with Gasteiger partial charge in [-0.05, 0) is 52.9 Å². The third kappa shape index (κ3) is 3.53. The number of carbonyl (C=O) groups is 1. The van der Waals surface area contributed by atoms with Crippen LogP contribution in [-0.4, -0.2) is 39.7 Å². The van der Waals surface area contributed by atoms with Crippen LogP contribution in [0.25, 0.3) is 0 Å². The van der Waals surface area contributed by atoms with Crippen LogP contribution in [0.4, 0.5) is 18.0 Å². The number of nitrogens with zero attached hydrogens (tertiary/aromatic N) is 1. The number of nitrogens with one attached hydrogen (secondary N) is 2. The maximum absolute atomic E-state index is 12.2. The minimum absolute atomic E-state index is 0.0276. The van der Waals surface area contributed by atoms with Crippen molar-refractivity contribution in [3.63, 3.8) is 0 Å². The largest absolute Gasteiger partial charge is 0.522 e. The van der Waals surface area contributed by atoms with Crippen LogP contribution in [0.2, 0.25) is 0 Å². The van der Waals surface area contributed by atoms with Crippen molar-refractivity contribution in [2.24, 2.45) is 0 Å². The molecule has 2 bridgehead atoms. The molecule has 9 heteroatoms. The van der Waals surface area contributed by atoms with Crippen LogP contribution in [0.5, 0.6) is 0 Å². The number of amides is 1. The van der Waals surface area contributed by atoms with Crippen molar-refractivity contribution in [2.45, 2.75) is 87.8 Å². The van der Waals surface area contributed by atoms with Crippen LogP contribution in [0.3, 0.4) is 0 Å². The zero-order valence-corrected chi connectivity index (χ0v) is 15.6. The molecule has 1 amide bonds. The first-order valence-electron chi connectivity index (χ1n) is 9.18. The van der Waals surface area contributed by atoms with Crippen LogP contribution in [0.15, 0.2) is 6.20 Å². The van der Waals surface area contributed by atoms with Gasteiger partial charge >= 0.3 is 12.5 Å². The van der Waals surface area contributed by atoms with Crippen LogP contribution in [0.1, 0.15) is 70.3 Å². The van der Waals surface area contributed by atoms with E-state index in [0.717, 1.165) is 30.8 Å². The Balaban J connectivity index is 1.28. The lowest BCUT2D eigenvalue weighted by molar-refractivity contribution is -0.351. The number of hydrogen-bond donors (Lipinski definition) is 2. The first-order chi connectivity index (χ1) is 12.4. The minimum Gasteiger partial charge on any atom is -0.444 e. The smallest absolute Gasteiger partial charge is 0.444 e. The Bertz CT molecular complexity index is 727. The predicted octanol–water partition coefficient (Wildman–Crippen LogP) is 3.89. The van der Waals surface area contributed by atoms with E-state index in [4.69, 9.17) is 4.74 Å². The molecule has 150 valence electrons. The summed E-state index contributed by atoms with van der Waals surface area (Å²) in [5, 5.41) is 2.96. The molecule has 0 unspecified atom stereocenters. The van der Waals surface area contributed by atoms with Crippen LogP contribution >= 0.6 is 0 Å². The Labute approximate surface area is 155 Å². The molecule has 4 aliphatic rings. The fourth-order valence-electron chi connectivity index (χ4n) is 4.61. The summed E-state index contributed by atoms with van der Waals surface area (Å²) in [6.07, 6.45) is -0.923. The second-order valence-electron chi connectivity index (χ2n) is 9.26. The number of hydrogen-bond acceptors (Lipinski definition) is 4. The van der Waals surface area contributed by atoms with Gasteiger partial charge in [-0.3, -0.25) is 4.74 Å². The summed E-state index contributed by atoms with van der Waals surface area (Å²) in [6, 6.07) is 0. The molecular formula is C18H24F3N3O3. The molecule has 4 fully saturated rings. The van der Waals surface area contributed by atoms with E-state index in [0.29, 0.717) is 12.8 Å². The third-order valence-electron chi connectivity index (χ3n) is 5.73. The maximum Gasteiger partial charge on any atom is 0.522 e. The van der Waals surface area contributed by atoms with Gasteiger partial charge in [-0.25, -0.2) is 9.78 Å². The normalized spacial score (nSPS) is 34.9. The number of aromatic nitrogens is 2. The summed E-state index contributed by atoms with van der Waals surface area (Å²) in [5.41, 5.74) is 0.0689. The van der Waals surface area contributed by atoms with Gasteiger partial charge in [-0.1, -0.05) is 0 Å². The van der Waals surface area contributed by atoms with Crippen molar-refractivity contribution in [1.29, 1.82) is 0 Å². The molecule has 2 N–H and O–H groups in total. The van der Waals surface area contributed by atoms with Gasteiger partial charge in [0.1, 0.15) is 11.4 Å². The molecule has 6 nitrogen and oxygen atoms in total. The average molecular weight is 387 g/mol. The summed E-state index contributed by atoms with van der Waals surface area (Å²) in [4.78, 5) is 19.7. The molecule has 0 saturated heterocycles. The van der Waals surface area contributed by atoms with Crippen molar-refractivity contribution in [3.05, 3.63) is 17.7 Å². The van der Waals surface area contributed by atoms with E-state index >= 15 is 0 Å². The number of alkyl carbamates (subject to hydrolysis) is 1. The molecule has 27 heavy (non-hydrogen) atoms. The van der Waals surface area contributed by atoms with Gasteiger partial charge < -0.3 is 15.0 Å². The highest BCUT2D eigenvalue weighted by Crippen LogP contribution is 2.67. The molecule has 0 aliphatic heterocycles. The fourth-order valence-corrected chi connectivity index (χ4v) is 4.61. The molecule has 1 aromatic rings. The van der Waals surface area contributed by atoms with E-state index in [1.807, 2.05) is 20.8 Å². The number of imidazole rings is 1. The molecule has 0 atom stereocenters. The third-order valence-corrected chi connectivity index (χ3v) is 5.73. The zero-order chi connectivity index (χ0) is 19.7. The molecule has 0 aromatic carbocycles. The highest BCUT2D eigenvalue weighted by atomic mass is 19.4. The standard InChI is InChI=1S/C18H24F3N3O3/c1-15(2,3)27-14(25)24-17-7-16(8-17,9-17)13-22-6-12(23-13)10-4-11(5-10)26-18(19,20)21/h6,10-11H,4-5,7-9H2,1-3H3,(H,22,23)(H,24,25)/t10-,11+,16?,17?. The quantitative estimate of drug-likeness (QED) is 0.822. The Kier molecular flexibility index (Phi) is 3.87. The van der Waals surface area contributed by atoms with Crippen molar-refractivity contribution < 1.29 is 27.4 Å². The van der Waals surface area contributed by atoms with Gasteiger partial charge in [0, 0.05) is 28.8 Å². The highest BCUT2D eigenvalue weighted by Gasteiger charge is 2.70. The van der Waals surface area contributed by atoms with Gasteiger partial charge in [0.25, 0.3) is 0 Å². The summed E-state index contributed by atoms with van der Waals surface area (Å²) in [7, 11) is 0. The number of carbonyl (C=O) groups excluding carboxylic acids is 1. The highest BCUT2D eigenvalue weighted by molar-refractivity contribution is 5.70. The lowest BCUT2D eigenvalue weighted by Gasteiger charge is -2.69. The van der Waals surface area contributed by atoms with E-state index in [-0.39, 0.29) is 16.9 Å². The lowest BCUT2D eigenvalue weighted by Crippen LogP contribution is -2.77. The van der Waals surface area contributed by atoms with Gasteiger partial charge in [-0.15, -0.1) is 13.2 Å². The summed E-state index contributed by atoms with van der Waals surface area (Å²) >= 11 is 0.